The lowest BCUT2D eigenvalue weighted by atomic mass is 9.85. The molecule has 36 heavy (non-hydrogen) atoms. The van der Waals surface area contributed by atoms with E-state index >= 15 is 0 Å². The molecule has 0 saturated carbocycles. The highest BCUT2D eigenvalue weighted by atomic mass is 32.2. The minimum atomic E-state index is -3.97. The Labute approximate surface area is 212 Å². The number of aryl methyl sites for hydroxylation is 2. The van der Waals surface area contributed by atoms with Gasteiger partial charge in [0.2, 0.25) is 0 Å². The molecule has 0 unspecified atom stereocenters. The molecule has 1 aromatic heterocycles. The van der Waals surface area contributed by atoms with E-state index in [1.807, 2.05) is 39.0 Å². The lowest BCUT2D eigenvalue weighted by molar-refractivity contribution is -0.137. The van der Waals surface area contributed by atoms with Gasteiger partial charge in [-0.3, -0.25) is 9.78 Å². The zero-order valence-corrected chi connectivity index (χ0v) is 22.1. The van der Waals surface area contributed by atoms with Crippen molar-refractivity contribution < 1.29 is 27.4 Å². The maximum atomic E-state index is 13.9. The fraction of sp³-hybridized carbons (Fsp3) is 0.429. The third-order valence-electron chi connectivity index (χ3n) is 6.72. The molecule has 0 amide bonds. The first-order valence-corrected chi connectivity index (χ1v) is 13.9. The molecule has 0 aliphatic carbocycles. The minimum Gasteiger partial charge on any atom is -0.490 e. The van der Waals surface area contributed by atoms with Crippen LogP contribution < -0.4 is 4.74 Å². The highest BCUT2D eigenvalue weighted by Gasteiger charge is 2.47. The molecule has 192 valence electrons. The zero-order valence-electron chi connectivity index (χ0n) is 21.2. The Bertz CT molecular complexity index is 1360. The summed E-state index contributed by atoms with van der Waals surface area (Å²) >= 11 is 0. The number of carbonyl (C=O) groups is 1. The quantitative estimate of drug-likeness (QED) is 0.394. The number of hydrogen-bond acceptors (Lipinski definition) is 7. The standard InChI is InChI=1S/C28H33NO6S/c1-5-21-11-13-25(34-17-20(3)33-4)23(16-21)28(14-7-15-35-28)27(30)18-36(31,32)26-9-6-8-24-22(26)12-10-19(2)29-24/h6,8-13,16,20H,5,7,14-15,17-18H2,1-4H3/t20-,28-/m1/s1. The highest BCUT2D eigenvalue weighted by Crippen LogP contribution is 2.43. The molecule has 7 nitrogen and oxygen atoms in total. The van der Waals surface area contributed by atoms with Gasteiger partial charge >= 0.3 is 0 Å². The van der Waals surface area contributed by atoms with E-state index in [0.29, 0.717) is 48.3 Å². The van der Waals surface area contributed by atoms with E-state index in [1.54, 1.807) is 31.4 Å². The van der Waals surface area contributed by atoms with E-state index in [4.69, 9.17) is 14.2 Å². The van der Waals surface area contributed by atoms with Crippen molar-refractivity contribution in [2.24, 2.45) is 0 Å². The third-order valence-corrected chi connectivity index (χ3v) is 8.39. The van der Waals surface area contributed by atoms with Crippen molar-refractivity contribution in [1.82, 2.24) is 4.98 Å². The SMILES string of the molecule is CCc1ccc(OC[C@@H](C)OC)c([C@@]2(C(=O)CS(=O)(=O)c3cccc4nc(C)ccc34)CCCO2)c1. The van der Waals surface area contributed by atoms with E-state index in [0.717, 1.165) is 17.7 Å². The van der Waals surface area contributed by atoms with Gasteiger partial charge in [-0.15, -0.1) is 0 Å². The molecule has 0 bridgehead atoms. The Morgan fingerprint density at radius 1 is 1.19 bits per heavy atom. The summed E-state index contributed by atoms with van der Waals surface area (Å²) in [5.41, 5.74) is 1.58. The first kappa shape index (κ1) is 26.3. The van der Waals surface area contributed by atoms with Crippen molar-refractivity contribution in [1.29, 1.82) is 0 Å². The van der Waals surface area contributed by atoms with Gasteiger partial charge in [-0.05, 0) is 75.1 Å². The van der Waals surface area contributed by atoms with Crippen LogP contribution in [-0.4, -0.2) is 51.4 Å². The zero-order chi connectivity index (χ0) is 25.9. The predicted octanol–water partition coefficient (Wildman–Crippen LogP) is 4.57. The molecule has 1 aliphatic rings. The molecule has 3 aromatic rings. The Morgan fingerprint density at radius 2 is 2.00 bits per heavy atom. The van der Waals surface area contributed by atoms with Gasteiger partial charge in [0.1, 0.15) is 18.1 Å². The summed E-state index contributed by atoms with van der Waals surface area (Å²) in [5, 5.41) is 0.503. The van der Waals surface area contributed by atoms with E-state index in [9.17, 15) is 13.2 Å². The molecular formula is C28H33NO6S. The smallest absolute Gasteiger partial charge is 0.186 e. The van der Waals surface area contributed by atoms with Crippen molar-refractivity contribution in [2.75, 3.05) is 26.1 Å². The van der Waals surface area contributed by atoms with Crippen LogP contribution in [0.4, 0.5) is 0 Å². The van der Waals surface area contributed by atoms with Gasteiger partial charge in [-0.2, -0.15) is 0 Å². The largest absolute Gasteiger partial charge is 0.490 e. The molecule has 0 spiro atoms. The van der Waals surface area contributed by atoms with Gasteiger partial charge in [-0.1, -0.05) is 19.1 Å². The number of ketones is 1. The summed E-state index contributed by atoms with van der Waals surface area (Å²) in [4.78, 5) is 18.4. The summed E-state index contributed by atoms with van der Waals surface area (Å²) in [6.45, 7) is 6.42. The van der Waals surface area contributed by atoms with Gasteiger partial charge in [-0.25, -0.2) is 8.42 Å². The Morgan fingerprint density at radius 3 is 2.69 bits per heavy atom. The number of methoxy groups -OCH3 is 1. The van der Waals surface area contributed by atoms with Gasteiger partial charge in [0.25, 0.3) is 0 Å². The summed E-state index contributed by atoms with van der Waals surface area (Å²) in [7, 11) is -2.36. The van der Waals surface area contributed by atoms with E-state index in [2.05, 4.69) is 4.98 Å². The van der Waals surface area contributed by atoms with Crippen molar-refractivity contribution >= 4 is 26.5 Å². The monoisotopic (exact) mass is 511 g/mol. The normalized spacial score (nSPS) is 18.9. The minimum absolute atomic E-state index is 0.0988. The van der Waals surface area contributed by atoms with Gasteiger partial charge in [0, 0.05) is 30.4 Å². The van der Waals surface area contributed by atoms with Crippen LogP contribution in [0.3, 0.4) is 0 Å². The summed E-state index contributed by atoms with van der Waals surface area (Å²) in [5.74, 6) is -0.659. The van der Waals surface area contributed by atoms with Crippen LogP contribution in [0.15, 0.2) is 53.4 Å². The number of sulfone groups is 1. The summed E-state index contributed by atoms with van der Waals surface area (Å²) < 4.78 is 44.6. The topological polar surface area (TPSA) is 91.8 Å². The molecule has 8 heteroatoms. The first-order valence-electron chi connectivity index (χ1n) is 12.3. The van der Waals surface area contributed by atoms with Crippen LogP contribution >= 0.6 is 0 Å². The summed E-state index contributed by atoms with van der Waals surface area (Å²) in [6, 6.07) is 14.2. The average molecular weight is 512 g/mol. The number of ether oxygens (including phenoxy) is 3. The average Bonchev–Trinajstić information content (AvgIpc) is 3.37. The maximum absolute atomic E-state index is 13.9. The van der Waals surface area contributed by atoms with Crippen LogP contribution in [0.25, 0.3) is 10.9 Å². The molecule has 0 N–H and O–H groups in total. The van der Waals surface area contributed by atoms with E-state index in [1.165, 1.54) is 6.07 Å². The number of carbonyl (C=O) groups excluding carboxylic acids is 1. The van der Waals surface area contributed by atoms with Crippen LogP contribution in [0.5, 0.6) is 5.75 Å². The van der Waals surface area contributed by atoms with Crippen LogP contribution in [0.2, 0.25) is 0 Å². The Balaban J connectivity index is 1.73. The lowest BCUT2D eigenvalue weighted by Gasteiger charge is -2.30. The number of nitrogens with zero attached hydrogens (tertiary/aromatic N) is 1. The second-order valence-electron chi connectivity index (χ2n) is 9.28. The number of rotatable bonds is 10. The number of hydrogen-bond donors (Lipinski definition) is 0. The maximum Gasteiger partial charge on any atom is 0.186 e. The molecule has 1 aliphatic heterocycles. The molecular weight excluding hydrogens is 478 g/mol. The van der Waals surface area contributed by atoms with Crippen molar-refractivity contribution in [3.05, 3.63) is 65.4 Å². The highest BCUT2D eigenvalue weighted by molar-refractivity contribution is 7.92. The van der Waals surface area contributed by atoms with E-state index in [-0.39, 0.29) is 11.0 Å². The molecule has 2 heterocycles. The lowest BCUT2D eigenvalue weighted by Crippen LogP contribution is -2.40. The van der Waals surface area contributed by atoms with Gasteiger partial charge < -0.3 is 14.2 Å². The summed E-state index contributed by atoms with van der Waals surface area (Å²) in [6.07, 6.45) is 1.64. The fourth-order valence-electron chi connectivity index (χ4n) is 4.60. The van der Waals surface area contributed by atoms with Crippen LogP contribution in [0, 0.1) is 6.92 Å². The molecule has 2 atom stereocenters. The second-order valence-corrected chi connectivity index (χ2v) is 11.2. The van der Waals surface area contributed by atoms with Crippen LogP contribution in [-0.2, 0) is 36.1 Å². The molecule has 1 saturated heterocycles. The Kier molecular flexibility index (Phi) is 7.78. The van der Waals surface area contributed by atoms with Crippen molar-refractivity contribution in [2.45, 2.75) is 56.6 Å². The van der Waals surface area contributed by atoms with Crippen LogP contribution in [0.1, 0.15) is 43.5 Å². The molecule has 4 rings (SSSR count). The number of fused-ring (bicyclic) bond motifs is 1. The van der Waals surface area contributed by atoms with Gasteiger partial charge in [0.15, 0.2) is 21.2 Å². The number of pyridine rings is 1. The molecule has 2 aromatic carbocycles. The van der Waals surface area contributed by atoms with E-state index < -0.39 is 27.0 Å². The number of aromatic nitrogens is 1. The first-order chi connectivity index (χ1) is 17.2. The predicted molar refractivity (Wildman–Crippen MR) is 138 cm³/mol. The van der Waals surface area contributed by atoms with Gasteiger partial charge in [0.05, 0.1) is 16.5 Å². The fourth-order valence-corrected chi connectivity index (χ4v) is 6.13. The molecule has 1 fully saturated rings. The second kappa shape index (κ2) is 10.7. The molecule has 0 radical (unpaired) electrons. The number of Topliss-reactive ketones (excluding diaryl/α,β-unsaturated/α-hetero) is 1. The van der Waals surface area contributed by atoms with Crippen molar-refractivity contribution in [3.8, 4) is 5.75 Å². The van der Waals surface area contributed by atoms with Crippen molar-refractivity contribution in [3.63, 3.8) is 0 Å². The Hall–Kier alpha value is -2.81. The third kappa shape index (κ3) is 5.16. The number of benzene rings is 2.